The molecule has 0 aromatic heterocycles. The van der Waals surface area contributed by atoms with E-state index in [4.69, 9.17) is 18.9 Å². The molecule has 0 unspecified atom stereocenters. The van der Waals surface area contributed by atoms with E-state index in [9.17, 15) is 9.59 Å². The molecule has 8 heteroatoms. The summed E-state index contributed by atoms with van der Waals surface area (Å²) in [5.74, 6) is 1.25. The third-order valence-electron chi connectivity index (χ3n) is 4.81. The minimum absolute atomic E-state index is 0.297. The SMILES string of the molecule is COc1ccc(O[C@H](C)C(=O)Nc2cc(OC)c(NC(=O)c3ccccc3)cc2OC)cc1. The quantitative estimate of drug-likeness (QED) is 0.503. The normalized spacial score (nSPS) is 11.2. The predicted molar refractivity (Wildman–Crippen MR) is 126 cm³/mol. The van der Waals surface area contributed by atoms with Crippen LogP contribution in [0.1, 0.15) is 17.3 Å². The van der Waals surface area contributed by atoms with Crippen molar-refractivity contribution in [2.24, 2.45) is 0 Å². The van der Waals surface area contributed by atoms with Crippen LogP contribution in [0.2, 0.25) is 0 Å². The Labute approximate surface area is 192 Å². The Bertz CT molecular complexity index is 1100. The maximum atomic E-state index is 12.7. The molecule has 1 atom stereocenters. The van der Waals surface area contributed by atoms with Crippen LogP contribution >= 0.6 is 0 Å². The van der Waals surface area contributed by atoms with Crippen LogP contribution in [0.25, 0.3) is 0 Å². The molecule has 2 N–H and O–H groups in total. The van der Waals surface area contributed by atoms with E-state index in [1.807, 2.05) is 6.07 Å². The number of carbonyl (C=O) groups is 2. The van der Waals surface area contributed by atoms with Gasteiger partial charge in [0, 0.05) is 17.7 Å². The minimum Gasteiger partial charge on any atom is -0.497 e. The van der Waals surface area contributed by atoms with Crippen LogP contribution < -0.4 is 29.6 Å². The summed E-state index contributed by atoms with van der Waals surface area (Å²) in [6.45, 7) is 1.64. The summed E-state index contributed by atoms with van der Waals surface area (Å²) in [4.78, 5) is 25.3. The molecule has 0 spiro atoms. The van der Waals surface area contributed by atoms with Crippen LogP contribution in [0, 0.1) is 0 Å². The topological polar surface area (TPSA) is 95.1 Å². The molecule has 33 heavy (non-hydrogen) atoms. The number of ether oxygens (including phenoxy) is 4. The highest BCUT2D eigenvalue weighted by Crippen LogP contribution is 2.37. The number of hydrogen-bond donors (Lipinski definition) is 2. The summed E-state index contributed by atoms with van der Waals surface area (Å²) in [6, 6.07) is 18.9. The second kappa shape index (κ2) is 10.9. The van der Waals surface area contributed by atoms with Gasteiger partial charge in [0.1, 0.15) is 23.0 Å². The number of benzene rings is 3. The first kappa shape index (κ1) is 23.5. The molecule has 3 rings (SSSR count). The molecule has 172 valence electrons. The summed E-state index contributed by atoms with van der Waals surface area (Å²) in [7, 11) is 4.52. The van der Waals surface area contributed by atoms with Crippen molar-refractivity contribution >= 4 is 23.2 Å². The molecule has 0 bridgehead atoms. The summed E-state index contributed by atoms with van der Waals surface area (Å²) >= 11 is 0. The number of anilines is 2. The van der Waals surface area contributed by atoms with Gasteiger partial charge in [-0.3, -0.25) is 9.59 Å². The highest BCUT2D eigenvalue weighted by molar-refractivity contribution is 6.05. The van der Waals surface area contributed by atoms with Gasteiger partial charge < -0.3 is 29.6 Å². The summed E-state index contributed by atoms with van der Waals surface area (Å²) in [6.07, 6.45) is -0.786. The van der Waals surface area contributed by atoms with Crippen molar-refractivity contribution in [3.05, 3.63) is 72.3 Å². The lowest BCUT2D eigenvalue weighted by Crippen LogP contribution is -2.30. The van der Waals surface area contributed by atoms with E-state index < -0.39 is 6.10 Å². The highest BCUT2D eigenvalue weighted by atomic mass is 16.5. The monoisotopic (exact) mass is 450 g/mol. The molecule has 3 aromatic carbocycles. The molecule has 3 aromatic rings. The van der Waals surface area contributed by atoms with Crippen molar-refractivity contribution in [1.29, 1.82) is 0 Å². The molecule has 0 aliphatic heterocycles. The van der Waals surface area contributed by atoms with Gasteiger partial charge in [0.25, 0.3) is 11.8 Å². The Morgan fingerprint density at radius 1 is 0.727 bits per heavy atom. The van der Waals surface area contributed by atoms with Gasteiger partial charge in [-0.2, -0.15) is 0 Å². The van der Waals surface area contributed by atoms with Crippen molar-refractivity contribution in [3.63, 3.8) is 0 Å². The van der Waals surface area contributed by atoms with Crippen LogP contribution in [0.15, 0.2) is 66.7 Å². The fourth-order valence-electron chi connectivity index (χ4n) is 3.02. The van der Waals surface area contributed by atoms with Crippen LogP contribution in [0.4, 0.5) is 11.4 Å². The number of amides is 2. The summed E-state index contributed by atoms with van der Waals surface area (Å²) in [5.41, 5.74) is 1.28. The standard InChI is InChI=1S/C25H26N2O6/c1-16(33-19-12-10-18(30-2)11-13-19)24(28)26-20-14-23(32-4)21(15-22(20)31-3)27-25(29)17-8-6-5-7-9-17/h5-16H,1-4H3,(H,26,28)(H,27,29)/t16-/m1/s1. The summed E-state index contributed by atoms with van der Waals surface area (Å²) in [5, 5.41) is 5.59. The largest absolute Gasteiger partial charge is 0.497 e. The molecule has 0 heterocycles. The van der Waals surface area contributed by atoms with Gasteiger partial charge in [-0.1, -0.05) is 18.2 Å². The van der Waals surface area contributed by atoms with E-state index in [1.165, 1.54) is 14.2 Å². The third kappa shape index (κ3) is 5.94. The average molecular weight is 450 g/mol. The number of methoxy groups -OCH3 is 3. The second-order valence-electron chi connectivity index (χ2n) is 7.00. The van der Waals surface area contributed by atoms with Crippen molar-refractivity contribution < 1.29 is 28.5 Å². The number of hydrogen-bond acceptors (Lipinski definition) is 6. The zero-order valence-electron chi connectivity index (χ0n) is 18.9. The molecule has 2 amide bonds. The first-order chi connectivity index (χ1) is 15.9. The first-order valence-corrected chi connectivity index (χ1v) is 10.2. The first-order valence-electron chi connectivity index (χ1n) is 10.2. The number of carbonyl (C=O) groups excluding carboxylic acids is 2. The predicted octanol–water partition coefficient (Wildman–Crippen LogP) is 4.37. The van der Waals surface area contributed by atoms with Crippen molar-refractivity contribution in [1.82, 2.24) is 0 Å². The van der Waals surface area contributed by atoms with Crippen LogP contribution in [0.3, 0.4) is 0 Å². The molecule has 0 aliphatic rings. The molecule has 0 saturated heterocycles. The van der Waals surface area contributed by atoms with Gasteiger partial charge in [0.2, 0.25) is 0 Å². The maximum absolute atomic E-state index is 12.7. The van der Waals surface area contributed by atoms with E-state index in [2.05, 4.69) is 10.6 Å². The highest BCUT2D eigenvalue weighted by Gasteiger charge is 2.20. The van der Waals surface area contributed by atoms with Crippen LogP contribution in [-0.2, 0) is 4.79 Å². The number of rotatable bonds is 9. The van der Waals surface area contributed by atoms with Crippen LogP contribution in [0.5, 0.6) is 23.0 Å². The third-order valence-corrected chi connectivity index (χ3v) is 4.81. The Kier molecular flexibility index (Phi) is 7.75. The molecule has 8 nitrogen and oxygen atoms in total. The average Bonchev–Trinajstić information content (AvgIpc) is 2.85. The maximum Gasteiger partial charge on any atom is 0.265 e. The molecule has 0 aliphatic carbocycles. The van der Waals surface area contributed by atoms with Gasteiger partial charge in [-0.05, 0) is 43.3 Å². The lowest BCUT2D eigenvalue weighted by molar-refractivity contribution is -0.122. The zero-order chi connectivity index (χ0) is 23.8. The van der Waals surface area contributed by atoms with E-state index in [-0.39, 0.29) is 11.8 Å². The second-order valence-corrected chi connectivity index (χ2v) is 7.00. The lowest BCUT2D eigenvalue weighted by Gasteiger charge is -2.18. The molecule has 0 radical (unpaired) electrons. The molecule has 0 saturated carbocycles. The minimum atomic E-state index is -0.786. The van der Waals surface area contributed by atoms with E-state index in [0.717, 1.165) is 0 Å². The van der Waals surface area contributed by atoms with E-state index in [0.29, 0.717) is 39.9 Å². The lowest BCUT2D eigenvalue weighted by atomic mass is 10.2. The van der Waals surface area contributed by atoms with Gasteiger partial charge in [0.15, 0.2) is 6.10 Å². The van der Waals surface area contributed by atoms with E-state index >= 15 is 0 Å². The van der Waals surface area contributed by atoms with Gasteiger partial charge in [0.05, 0.1) is 32.7 Å². The molecular formula is C25H26N2O6. The Morgan fingerprint density at radius 2 is 1.27 bits per heavy atom. The Hall–Kier alpha value is -4.20. The Morgan fingerprint density at radius 3 is 1.82 bits per heavy atom. The van der Waals surface area contributed by atoms with Gasteiger partial charge in [-0.15, -0.1) is 0 Å². The van der Waals surface area contributed by atoms with Gasteiger partial charge in [-0.25, -0.2) is 0 Å². The Balaban J connectivity index is 1.75. The van der Waals surface area contributed by atoms with Crippen molar-refractivity contribution in [2.45, 2.75) is 13.0 Å². The summed E-state index contributed by atoms with van der Waals surface area (Å²) < 4.78 is 21.7. The fraction of sp³-hybridized carbons (Fsp3) is 0.200. The van der Waals surface area contributed by atoms with Crippen molar-refractivity contribution in [3.8, 4) is 23.0 Å². The molecule has 0 fully saturated rings. The number of nitrogens with one attached hydrogen (secondary N) is 2. The van der Waals surface area contributed by atoms with Gasteiger partial charge >= 0.3 is 0 Å². The van der Waals surface area contributed by atoms with Crippen molar-refractivity contribution in [2.75, 3.05) is 32.0 Å². The van der Waals surface area contributed by atoms with Crippen LogP contribution in [-0.4, -0.2) is 39.2 Å². The smallest absolute Gasteiger partial charge is 0.265 e. The fourth-order valence-corrected chi connectivity index (χ4v) is 3.02. The molecular weight excluding hydrogens is 424 g/mol. The van der Waals surface area contributed by atoms with E-state index in [1.54, 1.807) is 74.7 Å². The zero-order valence-corrected chi connectivity index (χ0v) is 18.9.